The standard InChI is InChI=1S/C26H21N3O4S/c1-17-27-22(16-34-17)18-7-12-24-23(13-18)29(26(31)15-32-24)14-25(30)28-19-8-10-21(11-9-19)33-20-5-3-2-4-6-20/h2-13,16H,14-15H2,1H3,(H,28,30). The van der Waals surface area contributed by atoms with Gasteiger partial charge in [0.2, 0.25) is 5.91 Å². The third kappa shape index (κ3) is 4.77. The van der Waals surface area contributed by atoms with E-state index in [0.29, 0.717) is 22.9 Å². The molecule has 4 aromatic rings. The molecule has 7 nitrogen and oxygen atoms in total. The molecule has 1 N–H and O–H groups in total. The van der Waals surface area contributed by atoms with Crippen molar-refractivity contribution >= 4 is 34.5 Å². The van der Waals surface area contributed by atoms with E-state index in [0.717, 1.165) is 22.0 Å². The number of rotatable bonds is 6. The summed E-state index contributed by atoms with van der Waals surface area (Å²) in [5, 5.41) is 5.76. The van der Waals surface area contributed by atoms with Crippen LogP contribution in [0, 0.1) is 6.92 Å². The van der Waals surface area contributed by atoms with Crippen LogP contribution < -0.4 is 19.7 Å². The Kier molecular flexibility index (Phi) is 5.97. The molecule has 1 aromatic heterocycles. The number of nitrogens with zero attached hydrogens (tertiary/aromatic N) is 2. The Balaban J connectivity index is 1.28. The van der Waals surface area contributed by atoms with E-state index in [4.69, 9.17) is 9.47 Å². The average molecular weight is 472 g/mol. The first-order valence-corrected chi connectivity index (χ1v) is 11.6. The van der Waals surface area contributed by atoms with E-state index in [1.54, 1.807) is 35.6 Å². The lowest BCUT2D eigenvalue weighted by Crippen LogP contribution is -2.43. The number of hydrogen-bond acceptors (Lipinski definition) is 6. The largest absolute Gasteiger partial charge is 0.482 e. The molecule has 0 spiro atoms. The second-order valence-electron chi connectivity index (χ2n) is 7.69. The molecule has 0 saturated heterocycles. The van der Waals surface area contributed by atoms with Crippen LogP contribution in [-0.2, 0) is 9.59 Å². The topological polar surface area (TPSA) is 80.8 Å². The summed E-state index contributed by atoms with van der Waals surface area (Å²) in [6.07, 6.45) is 0. The van der Waals surface area contributed by atoms with Crippen molar-refractivity contribution in [3.8, 4) is 28.5 Å². The van der Waals surface area contributed by atoms with Gasteiger partial charge in [-0.25, -0.2) is 4.98 Å². The number of aromatic nitrogens is 1. The number of ether oxygens (including phenoxy) is 2. The highest BCUT2D eigenvalue weighted by Gasteiger charge is 2.28. The van der Waals surface area contributed by atoms with Gasteiger partial charge in [-0.15, -0.1) is 11.3 Å². The molecule has 0 aliphatic carbocycles. The second-order valence-corrected chi connectivity index (χ2v) is 8.75. The molecule has 0 unspecified atom stereocenters. The highest BCUT2D eigenvalue weighted by molar-refractivity contribution is 7.09. The summed E-state index contributed by atoms with van der Waals surface area (Å²) in [5.74, 6) is 1.36. The maximum atomic E-state index is 12.8. The number of carbonyl (C=O) groups is 2. The van der Waals surface area contributed by atoms with Crippen molar-refractivity contribution in [3.05, 3.63) is 83.2 Å². The minimum atomic E-state index is -0.312. The smallest absolute Gasteiger partial charge is 0.265 e. The Morgan fingerprint density at radius 2 is 1.85 bits per heavy atom. The Morgan fingerprint density at radius 3 is 2.59 bits per heavy atom. The molecule has 0 bridgehead atoms. The van der Waals surface area contributed by atoms with E-state index >= 15 is 0 Å². The van der Waals surface area contributed by atoms with Crippen LogP contribution >= 0.6 is 11.3 Å². The lowest BCUT2D eigenvalue weighted by Gasteiger charge is -2.29. The SMILES string of the molecule is Cc1nc(-c2ccc3c(c2)N(CC(=O)Nc2ccc(Oc4ccccc4)cc2)C(=O)CO3)cs1. The molecule has 2 heterocycles. The third-order valence-corrected chi connectivity index (χ3v) is 6.01. The normalized spacial score (nSPS) is 12.6. The van der Waals surface area contributed by atoms with E-state index in [9.17, 15) is 9.59 Å². The molecule has 0 radical (unpaired) electrons. The molecule has 34 heavy (non-hydrogen) atoms. The number of thiazole rings is 1. The quantitative estimate of drug-likeness (QED) is 0.414. The van der Waals surface area contributed by atoms with Gasteiger partial charge in [-0.05, 0) is 61.5 Å². The number of anilines is 2. The van der Waals surface area contributed by atoms with Gasteiger partial charge in [-0.3, -0.25) is 14.5 Å². The fraction of sp³-hybridized carbons (Fsp3) is 0.115. The first kappa shape index (κ1) is 21.7. The van der Waals surface area contributed by atoms with Crippen molar-refractivity contribution in [2.75, 3.05) is 23.4 Å². The van der Waals surface area contributed by atoms with Crippen LogP contribution in [-0.4, -0.2) is 29.9 Å². The predicted octanol–water partition coefficient (Wildman–Crippen LogP) is 5.27. The summed E-state index contributed by atoms with van der Waals surface area (Å²) < 4.78 is 11.3. The van der Waals surface area contributed by atoms with Crippen LogP contribution in [0.3, 0.4) is 0 Å². The van der Waals surface area contributed by atoms with Crippen LogP contribution in [0.5, 0.6) is 17.2 Å². The number of nitrogens with one attached hydrogen (secondary N) is 1. The number of amides is 2. The van der Waals surface area contributed by atoms with E-state index in [1.807, 2.05) is 60.8 Å². The molecule has 1 aliphatic heterocycles. The zero-order valence-corrected chi connectivity index (χ0v) is 19.2. The molecular weight excluding hydrogens is 450 g/mol. The average Bonchev–Trinajstić information content (AvgIpc) is 3.29. The van der Waals surface area contributed by atoms with Crippen molar-refractivity contribution in [1.82, 2.24) is 4.98 Å². The summed E-state index contributed by atoms with van der Waals surface area (Å²) in [7, 11) is 0. The van der Waals surface area contributed by atoms with Gasteiger partial charge in [0, 0.05) is 16.6 Å². The number of para-hydroxylation sites is 1. The monoisotopic (exact) mass is 471 g/mol. The van der Waals surface area contributed by atoms with Crippen molar-refractivity contribution < 1.29 is 19.1 Å². The first-order chi connectivity index (χ1) is 16.5. The van der Waals surface area contributed by atoms with E-state index in [2.05, 4.69) is 10.3 Å². The Bertz CT molecular complexity index is 1340. The molecule has 3 aromatic carbocycles. The fourth-order valence-corrected chi connectivity index (χ4v) is 4.23. The summed E-state index contributed by atoms with van der Waals surface area (Å²) >= 11 is 1.56. The minimum absolute atomic E-state index is 0.110. The molecule has 1 aliphatic rings. The Labute approximate surface area is 200 Å². The maximum Gasteiger partial charge on any atom is 0.265 e. The zero-order chi connectivity index (χ0) is 23.5. The van der Waals surface area contributed by atoms with Crippen molar-refractivity contribution in [2.45, 2.75) is 6.92 Å². The Morgan fingerprint density at radius 1 is 1.09 bits per heavy atom. The van der Waals surface area contributed by atoms with Gasteiger partial charge in [0.25, 0.3) is 5.91 Å². The number of benzene rings is 3. The fourth-order valence-electron chi connectivity index (χ4n) is 3.61. The number of fused-ring (bicyclic) bond motifs is 1. The van der Waals surface area contributed by atoms with Crippen molar-refractivity contribution in [3.63, 3.8) is 0 Å². The lowest BCUT2D eigenvalue weighted by atomic mass is 10.1. The number of aryl methyl sites for hydroxylation is 1. The van der Waals surface area contributed by atoms with Crippen LogP contribution in [0.1, 0.15) is 5.01 Å². The highest BCUT2D eigenvalue weighted by atomic mass is 32.1. The Hall–Kier alpha value is -4.17. The molecular formula is C26H21N3O4S. The minimum Gasteiger partial charge on any atom is -0.482 e. The molecule has 0 saturated carbocycles. The van der Waals surface area contributed by atoms with Crippen LogP contribution in [0.15, 0.2) is 78.2 Å². The van der Waals surface area contributed by atoms with Gasteiger partial charge >= 0.3 is 0 Å². The van der Waals surface area contributed by atoms with Gasteiger partial charge in [0.15, 0.2) is 6.61 Å². The molecule has 2 amide bonds. The molecule has 5 rings (SSSR count). The van der Waals surface area contributed by atoms with Gasteiger partial charge in [0.05, 0.1) is 16.4 Å². The van der Waals surface area contributed by atoms with Gasteiger partial charge in [-0.1, -0.05) is 18.2 Å². The summed E-state index contributed by atoms with van der Waals surface area (Å²) in [6, 6.07) is 22.1. The summed E-state index contributed by atoms with van der Waals surface area (Å²) in [4.78, 5) is 31.3. The van der Waals surface area contributed by atoms with E-state index in [-0.39, 0.29) is 25.0 Å². The van der Waals surface area contributed by atoms with Crippen LogP contribution in [0.2, 0.25) is 0 Å². The first-order valence-electron chi connectivity index (χ1n) is 10.7. The van der Waals surface area contributed by atoms with Gasteiger partial charge in [-0.2, -0.15) is 0 Å². The van der Waals surface area contributed by atoms with Gasteiger partial charge in [0.1, 0.15) is 23.8 Å². The van der Waals surface area contributed by atoms with Crippen LogP contribution in [0.4, 0.5) is 11.4 Å². The summed E-state index contributed by atoms with van der Waals surface area (Å²) in [5.41, 5.74) is 2.85. The maximum absolute atomic E-state index is 12.8. The van der Waals surface area contributed by atoms with E-state index in [1.165, 1.54) is 4.90 Å². The number of carbonyl (C=O) groups excluding carboxylic acids is 2. The van der Waals surface area contributed by atoms with Gasteiger partial charge < -0.3 is 14.8 Å². The van der Waals surface area contributed by atoms with E-state index < -0.39 is 0 Å². The summed E-state index contributed by atoms with van der Waals surface area (Å²) in [6.45, 7) is 1.70. The highest BCUT2D eigenvalue weighted by Crippen LogP contribution is 2.36. The third-order valence-electron chi connectivity index (χ3n) is 5.24. The molecule has 8 heteroatoms. The lowest BCUT2D eigenvalue weighted by molar-refractivity contribution is -0.123. The van der Waals surface area contributed by atoms with Crippen molar-refractivity contribution in [1.29, 1.82) is 0 Å². The number of hydrogen-bond donors (Lipinski definition) is 1. The molecule has 0 fully saturated rings. The predicted molar refractivity (Wildman–Crippen MR) is 132 cm³/mol. The second kappa shape index (κ2) is 9.36. The molecule has 0 atom stereocenters. The zero-order valence-electron chi connectivity index (χ0n) is 18.4. The molecule has 170 valence electrons. The van der Waals surface area contributed by atoms with Crippen LogP contribution in [0.25, 0.3) is 11.3 Å². The van der Waals surface area contributed by atoms with Crippen molar-refractivity contribution in [2.24, 2.45) is 0 Å².